The lowest BCUT2D eigenvalue weighted by atomic mass is 10.1. The molecule has 1 aromatic heterocycles. The fourth-order valence-corrected chi connectivity index (χ4v) is 3.25. The molecule has 2 amide bonds. The van der Waals surface area contributed by atoms with Crippen LogP contribution in [-0.4, -0.2) is 41.5 Å². The second kappa shape index (κ2) is 10.9. The van der Waals surface area contributed by atoms with Crippen LogP contribution in [0.15, 0.2) is 90.2 Å². The number of aromatic nitrogens is 2. The summed E-state index contributed by atoms with van der Waals surface area (Å²) >= 11 is 0. The van der Waals surface area contributed by atoms with E-state index in [2.05, 4.69) is 20.9 Å². The van der Waals surface area contributed by atoms with E-state index in [0.717, 1.165) is 5.69 Å². The number of hydrazone groups is 1. The molecule has 0 saturated heterocycles. The molecule has 0 fully saturated rings. The van der Waals surface area contributed by atoms with E-state index >= 15 is 0 Å². The largest absolute Gasteiger partial charge is 0.497 e. The van der Waals surface area contributed by atoms with Crippen LogP contribution in [0, 0.1) is 5.82 Å². The Morgan fingerprint density at radius 1 is 1.03 bits per heavy atom. The molecule has 0 saturated carbocycles. The van der Waals surface area contributed by atoms with Crippen LogP contribution in [0.4, 0.5) is 4.39 Å². The van der Waals surface area contributed by atoms with Gasteiger partial charge in [0.1, 0.15) is 17.3 Å². The summed E-state index contributed by atoms with van der Waals surface area (Å²) in [5.74, 6) is -0.615. The van der Waals surface area contributed by atoms with Crippen molar-refractivity contribution in [2.75, 3.05) is 13.7 Å². The number of para-hydroxylation sites is 1. The Hall–Kier alpha value is -4.79. The van der Waals surface area contributed by atoms with Crippen LogP contribution in [-0.2, 0) is 4.79 Å². The lowest BCUT2D eigenvalue weighted by molar-refractivity contribution is -0.120. The van der Waals surface area contributed by atoms with Gasteiger partial charge in [0.05, 0.1) is 25.6 Å². The lowest BCUT2D eigenvalue weighted by Gasteiger charge is -2.05. The highest BCUT2D eigenvalue weighted by Crippen LogP contribution is 2.23. The number of hydrogen-bond donors (Lipinski definition) is 2. The topological polar surface area (TPSA) is 97.6 Å². The molecular weight excluding hydrogens is 449 g/mol. The Bertz CT molecular complexity index is 1330. The summed E-state index contributed by atoms with van der Waals surface area (Å²) < 4.78 is 20.1. The summed E-state index contributed by atoms with van der Waals surface area (Å²) in [7, 11) is 1.54. The van der Waals surface area contributed by atoms with Gasteiger partial charge in [0.2, 0.25) is 0 Å². The molecule has 0 atom stereocenters. The molecule has 0 unspecified atom stereocenters. The highest BCUT2D eigenvalue weighted by atomic mass is 19.1. The molecule has 0 aliphatic heterocycles. The number of rotatable bonds is 8. The highest BCUT2D eigenvalue weighted by molar-refractivity contribution is 5.96. The molecular formula is C26H22FN5O3. The molecule has 0 radical (unpaired) electrons. The molecule has 176 valence electrons. The molecule has 4 rings (SSSR count). The summed E-state index contributed by atoms with van der Waals surface area (Å²) in [5.41, 5.74) is 5.51. The normalized spacial score (nSPS) is 10.8. The number of nitrogens with one attached hydrogen (secondary N) is 2. The highest BCUT2D eigenvalue weighted by Gasteiger charge is 2.12. The fourth-order valence-electron chi connectivity index (χ4n) is 3.25. The number of ether oxygens (including phenoxy) is 1. The summed E-state index contributed by atoms with van der Waals surface area (Å²) in [6.07, 6.45) is 3.21. The Balaban J connectivity index is 1.43. The summed E-state index contributed by atoms with van der Waals surface area (Å²) in [6.45, 7) is -0.254. The molecule has 4 aromatic rings. The maximum absolute atomic E-state index is 13.4. The Morgan fingerprint density at radius 3 is 2.43 bits per heavy atom. The van der Waals surface area contributed by atoms with Gasteiger partial charge in [-0.25, -0.2) is 14.5 Å². The number of carbonyl (C=O) groups is 2. The minimum atomic E-state index is -0.498. The first-order valence-corrected chi connectivity index (χ1v) is 10.7. The van der Waals surface area contributed by atoms with Crippen molar-refractivity contribution in [2.45, 2.75) is 0 Å². The Morgan fingerprint density at radius 2 is 1.74 bits per heavy atom. The minimum Gasteiger partial charge on any atom is -0.497 e. The van der Waals surface area contributed by atoms with Crippen molar-refractivity contribution in [3.05, 3.63) is 102 Å². The Labute approximate surface area is 201 Å². The van der Waals surface area contributed by atoms with Gasteiger partial charge in [-0.15, -0.1) is 0 Å². The van der Waals surface area contributed by atoms with E-state index < -0.39 is 11.8 Å². The monoisotopic (exact) mass is 471 g/mol. The number of hydrogen-bond acceptors (Lipinski definition) is 5. The van der Waals surface area contributed by atoms with Crippen LogP contribution in [0.1, 0.15) is 15.9 Å². The zero-order chi connectivity index (χ0) is 24.6. The van der Waals surface area contributed by atoms with Gasteiger partial charge in [-0.3, -0.25) is 9.59 Å². The third kappa shape index (κ3) is 5.97. The second-order valence-corrected chi connectivity index (χ2v) is 7.42. The van der Waals surface area contributed by atoms with Crippen molar-refractivity contribution in [3.63, 3.8) is 0 Å². The molecule has 1 heterocycles. The van der Waals surface area contributed by atoms with E-state index in [4.69, 9.17) is 4.74 Å². The van der Waals surface area contributed by atoms with Crippen LogP contribution < -0.4 is 15.5 Å². The van der Waals surface area contributed by atoms with Gasteiger partial charge in [0.15, 0.2) is 0 Å². The summed E-state index contributed by atoms with van der Waals surface area (Å²) in [4.78, 5) is 24.4. The van der Waals surface area contributed by atoms with E-state index in [-0.39, 0.29) is 12.4 Å². The zero-order valence-corrected chi connectivity index (χ0v) is 18.8. The van der Waals surface area contributed by atoms with Crippen molar-refractivity contribution < 1.29 is 18.7 Å². The van der Waals surface area contributed by atoms with E-state index in [1.807, 2.05) is 30.3 Å². The van der Waals surface area contributed by atoms with Crippen molar-refractivity contribution >= 4 is 18.0 Å². The maximum Gasteiger partial charge on any atom is 0.259 e. The summed E-state index contributed by atoms with van der Waals surface area (Å²) in [6, 6.07) is 22.0. The molecule has 0 aliphatic carbocycles. The minimum absolute atomic E-state index is 0.254. The quantitative estimate of drug-likeness (QED) is 0.303. The van der Waals surface area contributed by atoms with Gasteiger partial charge in [-0.1, -0.05) is 18.2 Å². The average molecular weight is 471 g/mol. The molecule has 3 aromatic carbocycles. The van der Waals surface area contributed by atoms with Gasteiger partial charge < -0.3 is 10.1 Å². The summed E-state index contributed by atoms with van der Waals surface area (Å²) in [5, 5.41) is 11.1. The predicted octanol–water partition coefficient (Wildman–Crippen LogP) is 3.57. The maximum atomic E-state index is 13.4. The van der Waals surface area contributed by atoms with E-state index in [1.165, 1.54) is 25.5 Å². The Kier molecular flexibility index (Phi) is 7.27. The molecule has 0 aliphatic rings. The molecule has 2 N–H and O–H groups in total. The van der Waals surface area contributed by atoms with Gasteiger partial charge >= 0.3 is 0 Å². The number of methoxy groups -OCH3 is 1. The standard InChI is InChI=1S/C26H22FN5O3/c1-35-23-13-9-19(10-14-23)26(34)28-16-24(33)30-29-15-20-17-32(22-5-3-2-4-6-22)31-25(20)18-7-11-21(27)12-8-18/h2-15,17H,16H2,1H3,(H,28,34)(H,30,33)/b29-15-. The molecule has 9 heteroatoms. The third-order valence-electron chi connectivity index (χ3n) is 5.04. The van der Waals surface area contributed by atoms with Gasteiger partial charge in [0, 0.05) is 22.9 Å². The first-order chi connectivity index (χ1) is 17.0. The van der Waals surface area contributed by atoms with Crippen molar-refractivity contribution in [3.8, 4) is 22.7 Å². The first-order valence-electron chi connectivity index (χ1n) is 10.7. The number of carbonyl (C=O) groups excluding carboxylic acids is 2. The molecule has 0 spiro atoms. The third-order valence-corrected chi connectivity index (χ3v) is 5.04. The zero-order valence-electron chi connectivity index (χ0n) is 18.8. The van der Waals surface area contributed by atoms with Crippen LogP contribution in [0.25, 0.3) is 16.9 Å². The van der Waals surface area contributed by atoms with E-state index in [1.54, 1.807) is 47.3 Å². The van der Waals surface area contributed by atoms with E-state index in [9.17, 15) is 14.0 Å². The molecule has 8 nitrogen and oxygen atoms in total. The second-order valence-electron chi connectivity index (χ2n) is 7.42. The SMILES string of the molecule is COc1ccc(C(=O)NCC(=O)N/N=C\c2cn(-c3ccccc3)nc2-c2ccc(F)cc2)cc1. The van der Waals surface area contributed by atoms with E-state index in [0.29, 0.717) is 28.1 Å². The number of nitrogens with zero attached hydrogens (tertiary/aromatic N) is 3. The fraction of sp³-hybridized carbons (Fsp3) is 0.0769. The van der Waals surface area contributed by atoms with Crippen molar-refractivity contribution in [1.29, 1.82) is 0 Å². The van der Waals surface area contributed by atoms with Crippen LogP contribution in [0.3, 0.4) is 0 Å². The van der Waals surface area contributed by atoms with Crippen molar-refractivity contribution in [2.24, 2.45) is 5.10 Å². The van der Waals surface area contributed by atoms with Crippen LogP contribution in [0.5, 0.6) is 5.75 Å². The molecule has 0 bridgehead atoms. The number of benzene rings is 3. The van der Waals surface area contributed by atoms with Gasteiger partial charge in [-0.05, 0) is 60.7 Å². The van der Waals surface area contributed by atoms with Gasteiger partial charge in [0.25, 0.3) is 11.8 Å². The first kappa shape index (κ1) is 23.4. The number of amides is 2. The smallest absolute Gasteiger partial charge is 0.259 e. The average Bonchev–Trinajstić information content (AvgIpc) is 3.32. The van der Waals surface area contributed by atoms with Crippen LogP contribution >= 0.6 is 0 Å². The predicted molar refractivity (Wildman–Crippen MR) is 130 cm³/mol. The molecule has 35 heavy (non-hydrogen) atoms. The van der Waals surface area contributed by atoms with Crippen LogP contribution in [0.2, 0.25) is 0 Å². The van der Waals surface area contributed by atoms with Gasteiger partial charge in [-0.2, -0.15) is 10.2 Å². The lowest BCUT2D eigenvalue weighted by Crippen LogP contribution is -2.34. The number of halogens is 1. The van der Waals surface area contributed by atoms with Crippen molar-refractivity contribution in [1.82, 2.24) is 20.5 Å².